The minimum Gasteiger partial charge on any atom is -0.337 e. The first-order chi connectivity index (χ1) is 15.2. The van der Waals surface area contributed by atoms with E-state index >= 15 is 0 Å². The summed E-state index contributed by atoms with van der Waals surface area (Å²) in [5.74, 6) is 1.26. The molecule has 2 fully saturated rings. The normalized spacial score (nSPS) is 20.9. The zero-order chi connectivity index (χ0) is 21.2. The van der Waals surface area contributed by atoms with Crippen molar-refractivity contribution in [3.05, 3.63) is 64.1 Å². The summed E-state index contributed by atoms with van der Waals surface area (Å²) in [5.41, 5.74) is 1.99. The molecule has 5 heteroatoms. The predicted octanol–water partition coefficient (Wildman–Crippen LogP) is 2.33. The third-order valence-electron chi connectivity index (χ3n) is 6.94. The Kier molecular flexibility index (Phi) is 5.77. The molecule has 1 atom stereocenters. The van der Waals surface area contributed by atoms with Crippen molar-refractivity contribution >= 4 is 18.1 Å². The van der Waals surface area contributed by atoms with E-state index in [1.807, 2.05) is 17.0 Å². The van der Waals surface area contributed by atoms with Crippen LogP contribution in [0.2, 0.25) is 0 Å². The molecule has 2 aliphatic heterocycles. The maximum Gasteiger partial charge on any atom is 0.253 e. The van der Waals surface area contributed by atoms with Crippen molar-refractivity contribution in [2.45, 2.75) is 51.6 Å². The molecule has 2 aromatic rings. The van der Waals surface area contributed by atoms with Crippen molar-refractivity contribution in [2.24, 2.45) is 0 Å². The van der Waals surface area contributed by atoms with Gasteiger partial charge in [-0.2, -0.15) is 0 Å². The molecule has 0 saturated carbocycles. The molecular formula is C26H32N4O. The molecule has 162 valence electrons. The Morgan fingerprint density at radius 3 is 2.71 bits per heavy atom. The molecular weight excluding hydrogens is 384 g/mol. The Balaban J connectivity index is 1.28. The highest BCUT2D eigenvalue weighted by atomic mass is 16.2. The number of imidazole rings is 1. The van der Waals surface area contributed by atoms with Crippen LogP contribution in [0.3, 0.4) is 0 Å². The van der Waals surface area contributed by atoms with Gasteiger partial charge >= 0.3 is 0 Å². The van der Waals surface area contributed by atoms with Gasteiger partial charge in [-0.25, -0.2) is 4.98 Å². The topological polar surface area (TPSA) is 41.4 Å². The van der Waals surface area contributed by atoms with Gasteiger partial charge in [0.25, 0.3) is 5.91 Å². The summed E-state index contributed by atoms with van der Waals surface area (Å²) >= 11 is 0. The largest absolute Gasteiger partial charge is 0.337 e. The molecule has 3 aliphatic rings. The average molecular weight is 417 g/mol. The van der Waals surface area contributed by atoms with Gasteiger partial charge in [0.2, 0.25) is 0 Å². The molecule has 3 heterocycles. The second kappa shape index (κ2) is 8.83. The molecule has 0 radical (unpaired) electrons. The molecule has 1 aromatic carbocycles. The number of rotatable bonds is 5. The highest BCUT2D eigenvalue weighted by molar-refractivity contribution is 5.94. The van der Waals surface area contributed by atoms with Crippen LogP contribution < -0.4 is 10.7 Å². The smallest absolute Gasteiger partial charge is 0.253 e. The molecule has 1 aliphatic carbocycles. The van der Waals surface area contributed by atoms with Crippen molar-refractivity contribution in [2.75, 3.05) is 26.2 Å². The van der Waals surface area contributed by atoms with Gasteiger partial charge in [0, 0.05) is 37.7 Å². The van der Waals surface area contributed by atoms with Gasteiger partial charge in [-0.15, -0.1) is 0 Å². The molecule has 1 aromatic heterocycles. The molecule has 5 nitrogen and oxygen atoms in total. The van der Waals surface area contributed by atoms with Crippen molar-refractivity contribution in [3.63, 3.8) is 0 Å². The first-order valence-electron chi connectivity index (χ1n) is 11.8. The van der Waals surface area contributed by atoms with Crippen molar-refractivity contribution in [1.29, 1.82) is 0 Å². The Hall–Kier alpha value is -2.66. The number of fused-ring (bicyclic) bond motifs is 1. The highest BCUT2D eigenvalue weighted by Gasteiger charge is 2.31. The number of nitrogens with zero attached hydrogens (tertiary/aromatic N) is 4. The van der Waals surface area contributed by atoms with Gasteiger partial charge in [0.1, 0.15) is 5.82 Å². The summed E-state index contributed by atoms with van der Waals surface area (Å²) in [7, 11) is 0. The lowest BCUT2D eigenvalue weighted by Gasteiger charge is -2.23. The average Bonchev–Trinajstić information content (AvgIpc) is 3.51. The number of likely N-dealkylation sites (tertiary alicyclic amines) is 2. The van der Waals surface area contributed by atoms with Gasteiger partial charge in [-0.1, -0.05) is 30.4 Å². The number of hydrogen-bond acceptors (Lipinski definition) is 3. The number of carbonyl (C=O) groups excluding carboxylic acids is 1. The van der Waals surface area contributed by atoms with Gasteiger partial charge in [-0.3, -0.25) is 9.69 Å². The molecule has 0 N–H and O–H groups in total. The lowest BCUT2D eigenvalue weighted by atomic mass is 10.1. The second-order valence-electron chi connectivity index (χ2n) is 8.89. The van der Waals surface area contributed by atoms with E-state index in [2.05, 4.69) is 52.8 Å². The maximum atomic E-state index is 13.0. The van der Waals surface area contributed by atoms with Crippen molar-refractivity contribution < 1.29 is 4.79 Å². The molecule has 0 spiro atoms. The first-order valence-corrected chi connectivity index (χ1v) is 11.8. The van der Waals surface area contributed by atoms with Crippen LogP contribution in [0.1, 0.15) is 54.4 Å². The zero-order valence-corrected chi connectivity index (χ0v) is 18.5. The standard InChI is InChI=1S/C26H32N4O/c1-2-30-24-9-5-3-4-8-23(24)27-25(30)18-20-10-12-21(13-11-20)26(31)29-17-14-22(19-29)28-15-6-7-16-28/h3-4,8-13,22H,2,5-7,14-19H2,1H3. The molecule has 1 amide bonds. The highest BCUT2D eigenvalue weighted by Crippen LogP contribution is 2.22. The number of hydrogen-bond donors (Lipinski definition) is 0. The lowest BCUT2D eigenvalue weighted by Crippen LogP contribution is -2.37. The Bertz CT molecular complexity index is 1090. The molecule has 1 unspecified atom stereocenters. The third kappa shape index (κ3) is 4.11. The SMILES string of the molecule is CCn1c(Cc2ccc(C(=O)N3CCC(N4CCCC4)C3)cc2)nc2c1=CCC=CC=2. The predicted molar refractivity (Wildman–Crippen MR) is 124 cm³/mol. The van der Waals surface area contributed by atoms with E-state index in [0.29, 0.717) is 6.04 Å². The second-order valence-corrected chi connectivity index (χ2v) is 8.89. The molecule has 5 rings (SSSR count). The fourth-order valence-electron chi connectivity index (χ4n) is 5.24. The van der Waals surface area contributed by atoms with E-state index in [1.54, 1.807) is 0 Å². The van der Waals surface area contributed by atoms with Crippen molar-refractivity contribution in [1.82, 2.24) is 19.4 Å². The van der Waals surface area contributed by atoms with E-state index in [0.717, 1.165) is 55.6 Å². The summed E-state index contributed by atoms with van der Waals surface area (Å²) in [4.78, 5) is 22.5. The van der Waals surface area contributed by atoms with Gasteiger partial charge in [0.05, 0.1) is 10.7 Å². The number of amides is 1. The zero-order valence-electron chi connectivity index (χ0n) is 18.5. The first kappa shape index (κ1) is 20.3. The Labute approximate surface area is 184 Å². The summed E-state index contributed by atoms with van der Waals surface area (Å²) in [5, 5.41) is 2.27. The number of allylic oxidation sites excluding steroid dienone is 2. The summed E-state index contributed by atoms with van der Waals surface area (Å²) in [6.45, 7) is 7.23. The summed E-state index contributed by atoms with van der Waals surface area (Å²) < 4.78 is 2.31. The van der Waals surface area contributed by atoms with E-state index in [9.17, 15) is 4.79 Å². The van der Waals surface area contributed by atoms with E-state index in [-0.39, 0.29) is 5.91 Å². The third-order valence-corrected chi connectivity index (χ3v) is 6.94. The van der Waals surface area contributed by atoms with Crippen LogP contribution in [0.5, 0.6) is 0 Å². The van der Waals surface area contributed by atoms with Crippen LogP contribution in [0.4, 0.5) is 0 Å². The fraction of sp³-hybridized carbons (Fsp3) is 0.462. The monoisotopic (exact) mass is 416 g/mol. The lowest BCUT2D eigenvalue weighted by molar-refractivity contribution is 0.0780. The van der Waals surface area contributed by atoms with Gasteiger partial charge in [-0.05, 0) is 69.5 Å². The number of benzene rings is 1. The van der Waals surface area contributed by atoms with Crippen molar-refractivity contribution in [3.8, 4) is 0 Å². The van der Waals surface area contributed by atoms with E-state index < -0.39 is 0 Å². The Morgan fingerprint density at radius 1 is 1.13 bits per heavy atom. The number of carbonyl (C=O) groups is 1. The van der Waals surface area contributed by atoms with Crippen LogP contribution >= 0.6 is 0 Å². The Morgan fingerprint density at radius 2 is 1.94 bits per heavy atom. The fourth-order valence-corrected chi connectivity index (χ4v) is 5.24. The number of aromatic nitrogens is 2. The summed E-state index contributed by atoms with van der Waals surface area (Å²) in [6.07, 6.45) is 14.0. The molecule has 2 saturated heterocycles. The quantitative estimate of drug-likeness (QED) is 0.751. The van der Waals surface area contributed by atoms with Crippen LogP contribution in [0.25, 0.3) is 12.2 Å². The summed E-state index contributed by atoms with van der Waals surface area (Å²) in [6, 6.07) is 8.72. The van der Waals surface area contributed by atoms with E-state index in [4.69, 9.17) is 4.98 Å². The van der Waals surface area contributed by atoms with Crippen LogP contribution in [-0.4, -0.2) is 57.5 Å². The van der Waals surface area contributed by atoms with Crippen LogP contribution in [-0.2, 0) is 13.0 Å². The van der Waals surface area contributed by atoms with Crippen LogP contribution in [0, 0.1) is 0 Å². The molecule has 31 heavy (non-hydrogen) atoms. The van der Waals surface area contributed by atoms with Crippen LogP contribution in [0.15, 0.2) is 36.4 Å². The minimum absolute atomic E-state index is 0.172. The maximum absolute atomic E-state index is 13.0. The van der Waals surface area contributed by atoms with Gasteiger partial charge in [0.15, 0.2) is 0 Å². The molecule has 0 bridgehead atoms. The minimum atomic E-state index is 0.172. The van der Waals surface area contributed by atoms with E-state index in [1.165, 1.54) is 36.8 Å². The van der Waals surface area contributed by atoms with Gasteiger partial charge < -0.3 is 9.47 Å².